The molecule has 3 aromatic rings. The highest BCUT2D eigenvalue weighted by molar-refractivity contribution is 9.10. The molecule has 0 aliphatic carbocycles. The van der Waals surface area contributed by atoms with Crippen molar-refractivity contribution in [3.63, 3.8) is 0 Å². The van der Waals surface area contributed by atoms with Crippen LogP contribution in [-0.2, 0) is 9.59 Å². The zero-order valence-corrected chi connectivity index (χ0v) is 17.0. The number of anilines is 1. The predicted octanol–water partition coefficient (Wildman–Crippen LogP) is 3.95. The Balaban J connectivity index is 1.65. The summed E-state index contributed by atoms with van der Waals surface area (Å²) in [6.07, 6.45) is 1.53. The van der Waals surface area contributed by atoms with Crippen LogP contribution in [0.5, 0.6) is 0 Å². The fourth-order valence-corrected chi connectivity index (χ4v) is 3.09. The van der Waals surface area contributed by atoms with Crippen molar-refractivity contribution in [2.45, 2.75) is 13.8 Å². The Labute approximate surface area is 171 Å². The van der Waals surface area contributed by atoms with Crippen LogP contribution in [-0.4, -0.2) is 22.6 Å². The third-order valence-electron chi connectivity index (χ3n) is 4.16. The van der Waals surface area contributed by atoms with E-state index in [0.29, 0.717) is 5.69 Å². The van der Waals surface area contributed by atoms with Gasteiger partial charge in [0.2, 0.25) is 0 Å². The molecule has 0 aliphatic heterocycles. The maximum atomic E-state index is 11.9. The van der Waals surface area contributed by atoms with Gasteiger partial charge >= 0.3 is 11.8 Å². The lowest BCUT2D eigenvalue weighted by molar-refractivity contribution is -0.136. The molecule has 0 unspecified atom stereocenters. The van der Waals surface area contributed by atoms with Crippen LogP contribution in [0.1, 0.15) is 17.0 Å². The maximum Gasteiger partial charge on any atom is 0.329 e. The molecule has 0 spiro atoms. The second-order valence-electron chi connectivity index (χ2n) is 6.16. The smallest absolute Gasteiger partial charge is 0.318 e. The van der Waals surface area contributed by atoms with Gasteiger partial charge in [-0.2, -0.15) is 5.10 Å². The fourth-order valence-electron chi connectivity index (χ4n) is 2.83. The summed E-state index contributed by atoms with van der Waals surface area (Å²) < 4.78 is 2.98. The zero-order valence-electron chi connectivity index (χ0n) is 15.4. The van der Waals surface area contributed by atoms with Gasteiger partial charge in [0.25, 0.3) is 0 Å². The van der Waals surface area contributed by atoms with E-state index in [0.717, 1.165) is 27.1 Å². The third kappa shape index (κ3) is 4.55. The molecule has 28 heavy (non-hydrogen) atoms. The van der Waals surface area contributed by atoms with Crippen LogP contribution in [0.2, 0.25) is 0 Å². The first-order valence-electron chi connectivity index (χ1n) is 8.60. The third-order valence-corrected chi connectivity index (χ3v) is 4.69. The quantitative estimate of drug-likeness (QED) is 0.367. The molecule has 142 valence electrons. The average Bonchev–Trinajstić information content (AvgIpc) is 2.97. The number of aryl methyl sites for hydroxylation is 1. The Morgan fingerprint density at radius 1 is 1.00 bits per heavy atom. The van der Waals surface area contributed by atoms with Gasteiger partial charge in [0.05, 0.1) is 6.21 Å². The van der Waals surface area contributed by atoms with Gasteiger partial charge in [-0.15, -0.1) is 0 Å². The van der Waals surface area contributed by atoms with Crippen molar-refractivity contribution in [2.24, 2.45) is 5.10 Å². The van der Waals surface area contributed by atoms with Crippen molar-refractivity contribution in [1.82, 2.24) is 9.99 Å². The van der Waals surface area contributed by atoms with Crippen molar-refractivity contribution >= 4 is 39.6 Å². The summed E-state index contributed by atoms with van der Waals surface area (Å²) in [5.41, 5.74) is 6.73. The molecule has 7 heteroatoms. The largest absolute Gasteiger partial charge is 0.329 e. The van der Waals surface area contributed by atoms with Crippen LogP contribution in [0.25, 0.3) is 5.69 Å². The molecule has 3 rings (SSSR count). The Morgan fingerprint density at radius 3 is 2.36 bits per heavy atom. The highest BCUT2D eigenvalue weighted by atomic mass is 79.9. The first-order chi connectivity index (χ1) is 13.5. The number of hydrogen-bond acceptors (Lipinski definition) is 3. The molecule has 0 aliphatic rings. The Hall–Kier alpha value is -3.19. The summed E-state index contributed by atoms with van der Waals surface area (Å²) in [6.45, 7) is 3.98. The van der Waals surface area contributed by atoms with Crippen molar-refractivity contribution in [3.8, 4) is 5.69 Å². The fraction of sp³-hybridized carbons (Fsp3) is 0.0952. The van der Waals surface area contributed by atoms with Crippen molar-refractivity contribution < 1.29 is 9.59 Å². The second kappa shape index (κ2) is 8.67. The molecule has 0 saturated heterocycles. The number of aromatic nitrogens is 1. The Morgan fingerprint density at radius 2 is 1.68 bits per heavy atom. The Bertz CT molecular complexity index is 1020. The predicted molar refractivity (Wildman–Crippen MR) is 114 cm³/mol. The van der Waals surface area contributed by atoms with Gasteiger partial charge < -0.3 is 9.88 Å². The van der Waals surface area contributed by atoms with Crippen LogP contribution < -0.4 is 10.7 Å². The van der Waals surface area contributed by atoms with Crippen molar-refractivity contribution in [3.05, 3.63) is 82.1 Å². The second-order valence-corrected chi connectivity index (χ2v) is 7.07. The number of para-hydroxylation sites is 1. The number of amides is 2. The minimum Gasteiger partial charge on any atom is -0.318 e. The lowest BCUT2D eigenvalue weighted by atomic mass is 10.2. The van der Waals surface area contributed by atoms with E-state index in [4.69, 9.17) is 0 Å². The normalized spacial score (nSPS) is 10.8. The van der Waals surface area contributed by atoms with Crippen molar-refractivity contribution in [2.75, 3.05) is 5.32 Å². The summed E-state index contributed by atoms with van der Waals surface area (Å²) in [4.78, 5) is 23.9. The van der Waals surface area contributed by atoms with Gasteiger partial charge in [0, 0.05) is 32.8 Å². The summed E-state index contributed by atoms with van der Waals surface area (Å²) in [7, 11) is 0. The molecule has 2 N–H and O–H groups in total. The first-order valence-corrected chi connectivity index (χ1v) is 9.39. The van der Waals surface area contributed by atoms with Crippen LogP contribution in [0.4, 0.5) is 5.69 Å². The number of hydrazone groups is 1. The highest BCUT2D eigenvalue weighted by Crippen LogP contribution is 2.19. The molecule has 6 nitrogen and oxygen atoms in total. The average molecular weight is 439 g/mol. The molecular weight excluding hydrogens is 420 g/mol. The number of carbonyl (C=O) groups excluding carboxylic acids is 2. The summed E-state index contributed by atoms with van der Waals surface area (Å²) in [5.74, 6) is -1.62. The SMILES string of the molecule is Cc1cc(/C=N\NC(=O)C(=O)Nc2ccc(Br)cc2)c(C)n1-c1ccccc1. The van der Waals surface area contributed by atoms with Gasteiger partial charge in [-0.05, 0) is 56.3 Å². The lowest BCUT2D eigenvalue weighted by Gasteiger charge is -2.09. The number of nitrogens with one attached hydrogen (secondary N) is 2. The Kier molecular flexibility index (Phi) is 6.06. The number of halogens is 1. The van der Waals surface area contributed by atoms with Crippen LogP contribution in [0.15, 0.2) is 70.2 Å². The van der Waals surface area contributed by atoms with Gasteiger partial charge in [0.15, 0.2) is 0 Å². The molecule has 0 radical (unpaired) electrons. The molecular formula is C21H19BrN4O2. The lowest BCUT2D eigenvalue weighted by Crippen LogP contribution is -2.32. The van der Waals surface area contributed by atoms with Crippen LogP contribution in [0, 0.1) is 13.8 Å². The highest BCUT2D eigenvalue weighted by Gasteiger charge is 2.13. The summed E-state index contributed by atoms with van der Waals surface area (Å²) in [5, 5.41) is 6.43. The minimum absolute atomic E-state index is 0.527. The van der Waals surface area contributed by atoms with Gasteiger partial charge in [0.1, 0.15) is 0 Å². The van der Waals surface area contributed by atoms with Crippen molar-refractivity contribution in [1.29, 1.82) is 0 Å². The van der Waals surface area contributed by atoms with Crippen LogP contribution >= 0.6 is 15.9 Å². The molecule has 0 bridgehead atoms. The standard InChI is InChI=1S/C21H19BrN4O2/c1-14-12-16(15(2)26(14)19-6-4-3-5-7-19)13-23-25-21(28)20(27)24-18-10-8-17(22)9-11-18/h3-13H,1-2H3,(H,24,27)(H,25,28)/b23-13-. The first kappa shape index (κ1) is 19.6. The molecule has 2 amide bonds. The topological polar surface area (TPSA) is 75.5 Å². The van der Waals surface area contributed by atoms with E-state index in [1.54, 1.807) is 24.3 Å². The van der Waals surface area contributed by atoms with E-state index >= 15 is 0 Å². The van der Waals surface area contributed by atoms with Gasteiger partial charge in [-0.3, -0.25) is 9.59 Å². The molecule has 0 saturated carbocycles. The van der Waals surface area contributed by atoms with E-state index in [1.807, 2.05) is 50.2 Å². The monoisotopic (exact) mass is 438 g/mol. The number of rotatable bonds is 4. The summed E-state index contributed by atoms with van der Waals surface area (Å²) >= 11 is 3.31. The maximum absolute atomic E-state index is 11.9. The number of carbonyl (C=O) groups is 2. The van der Waals surface area contributed by atoms with E-state index in [9.17, 15) is 9.59 Å². The number of benzene rings is 2. The van der Waals surface area contributed by atoms with E-state index in [2.05, 4.69) is 36.3 Å². The van der Waals surface area contributed by atoms with Gasteiger partial charge in [-0.1, -0.05) is 34.1 Å². The molecule has 1 aromatic heterocycles. The minimum atomic E-state index is -0.837. The zero-order chi connectivity index (χ0) is 20.1. The van der Waals surface area contributed by atoms with Crippen LogP contribution in [0.3, 0.4) is 0 Å². The number of nitrogens with zero attached hydrogens (tertiary/aromatic N) is 2. The van der Waals surface area contributed by atoms with E-state index in [-0.39, 0.29) is 0 Å². The molecule has 0 fully saturated rings. The summed E-state index contributed by atoms with van der Waals surface area (Å²) in [6, 6.07) is 18.9. The number of hydrogen-bond donors (Lipinski definition) is 2. The molecule has 2 aromatic carbocycles. The molecule has 1 heterocycles. The van der Waals surface area contributed by atoms with E-state index < -0.39 is 11.8 Å². The van der Waals surface area contributed by atoms with E-state index in [1.165, 1.54) is 6.21 Å². The molecule has 0 atom stereocenters. The van der Waals surface area contributed by atoms with Gasteiger partial charge in [-0.25, -0.2) is 5.43 Å².